The smallest absolute Gasteiger partial charge is 0.330 e. The standard InChI is InChI=1S/C11H16BO2/c1-11(2,3)8-5-6-10(14-4)9(7-8)12-13/h5-7,13H,1-4H3. The lowest BCUT2D eigenvalue weighted by atomic mass is 9.80. The number of rotatable bonds is 2. The first-order valence-corrected chi connectivity index (χ1v) is 4.65. The molecule has 1 aromatic carbocycles. The summed E-state index contributed by atoms with van der Waals surface area (Å²) in [6.07, 6.45) is 0. The van der Waals surface area contributed by atoms with Crippen LogP contribution in [-0.4, -0.2) is 19.6 Å². The van der Waals surface area contributed by atoms with E-state index < -0.39 is 0 Å². The monoisotopic (exact) mass is 191 g/mol. The predicted molar refractivity (Wildman–Crippen MR) is 59.3 cm³/mol. The van der Waals surface area contributed by atoms with E-state index in [1.165, 1.54) is 5.56 Å². The van der Waals surface area contributed by atoms with Gasteiger partial charge in [-0.05, 0) is 22.5 Å². The highest BCUT2D eigenvalue weighted by atomic mass is 16.5. The van der Waals surface area contributed by atoms with Gasteiger partial charge in [-0.2, -0.15) is 0 Å². The predicted octanol–water partition coefficient (Wildman–Crippen LogP) is 1.23. The van der Waals surface area contributed by atoms with E-state index in [-0.39, 0.29) is 5.41 Å². The summed E-state index contributed by atoms with van der Waals surface area (Å²) in [5.41, 5.74) is 1.99. The molecule has 0 saturated carbocycles. The maximum Gasteiger partial charge on any atom is 0.330 e. The quantitative estimate of drug-likeness (QED) is 0.712. The van der Waals surface area contributed by atoms with Gasteiger partial charge in [0.05, 0.1) is 7.11 Å². The van der Waals surface area contributed by atoms with Crippen molar-refractivity contribution in [2.24, 2.45) is 0 Å². The van der Waals surface area contributed by atoms with Crippen LogP contribution in [0.25, 0.3) is 0 Å². The van der Waals surface area contributed by atoms with E-state index in [1.807, 2.05) is 18.2 Å². The molecular formula is C11H16BO2. The maximum atomic E-state index is 9.03. The van der Waals surface area contributed by atoms with Crippen LogP contribution in [0.15, 0.2) is 18.2 Å². The van der Waals surface area contributed by atoms with Gasteiger partial charge in [-0.15, -0.1) is 0 Å². The fourth-order valence-corrected chi connectivity index (χ4v) is 1.30. The van der Waals surface area contributed by atoms with Crippen molar-refractivity contribution in [3.8, 4) is 5.75 Å². The van der Waals surface area contributed by atoms with E-state index in [1.54, 1.807) is 7.11 Å². The highest BCUT2D eigenvalue weighted by Crippen LogP contribution is 2.22. The summed E-state index contributed by atoms with van der Waals surface area (Å²) in [6.45, 7) is 6.40. The van der Waals surface area contributed by atoms with Crippen LogP contribution in [0, 0.1) is 0 Å². The third kappa shape index (κ3) is 2.29. The van der Waals surface area contributed by atoms with Crippen molar-refractivity contribution in [3.05, 3.63) is 23.8 Å². The Morgan fingerprint density at radius 2 is 1.93 bits per heavy atom. The molecule has 1 radical (unpaired) electrons. The molecule has 0 fully saturated rings. The molecule has 75 valence electrons. The van der Waals surface area contributed by atoms with E-state index >= 15 is 0 Å². The molecule has 0 saturated heterocycles. The van der Waals surface area contributed by atoms with Gasteiger partial charge in [-0.25, -0.2) is 0 Å². The van der Waals surface area contributed by atoms with Crippen molar-refractivity contribution in [2.45, 2.75) is 26.2 Å². The molecule has 14 heavy (non-hydrogen) atoms. The highest BCUT2D eigenvalue weighted by molar-refractivity contribution is 6.47. The highest BCUT2D eigenvalue weighted by Gasteiger charge is 2.15. The number of hydrogen-bond donors (Lipinski definition) is 1. The molecule has 0 bridgehead atoms. The number of methoxy groups -OCH3 is 1. The van der Waals surface area contributed by atoms with Gasteiger partial charge in [0.25, 0.3) is 0 Å². The molecule has 3 heteroatoms. The fraction of sp³-hybridized carbons (Fsp3) is 0.455. The van der Waals surface area contributed by atoms with Crippen LogP contribution < -0.4 is 10.2 Å². The van der Waals surface area contributed by atoms with E-state index in [4.69, 9.17) is 9.76 Å². The van der Waals surface area contributed by atoms with Gasteiger partial charge in [0.2, 0.25) is 0 Å². The van der Waals surface area contributed by atoms with Crippen molar-refractivity contribution in [1.82, 2.24) is 0 Å². The summed E-state index contributed by atoms with van der Waals surface area (Å²) in [7, 11) is 2.67. The second-order valence-electron chi connectivity index (χ2n) is 4.34. The zero-order valence-corrected chi connectivity index (χ0v) is 9.16. The molecule has 1 aromatic rings. The minimum atomic E-state index is 0.0873. The van der Waals surface area contributed by atoms with Gasteiger partial charge in [0.1, 0.15) is 5.75 Å². The molecule has 0 spiro atoms. The molecule has 0 aliphatic rings. The average molecular weight is 191 g/mol. The molecule has 0 atom stereocenters. The SMILES string of the molecule is COc1ccc(C(C)(C)C)cc1[B]O. The summed E-state index contributed by atoms with van der Waals surface area (Å²) in [5.74, 6) is 0.695. The number of benzene rings is 1. The van der Waals surface area contributed by atoms with Crippen LogP contribution in [0.4, 0.5) is 0 Å². The lowest BCUT2D eigenvalue weighted by Gasteiger charge is -2.20. The summed E-state index contributed by atoms with van der Waals surface area (Å²) < 4.78 is 5.11. The lowest BCUT2D eigenvalue weighted by Crippen LogP contribution is -2.21. The Morgan fingerprint density at radius 3 is 2.36 bits per heavy atom. The lowest BCUT2D eigenvalue weighted by molar-refractivity contribution is 0.417. The minimum Gasteiger partial charge on any atom is -0.497 e. The van der Waals surface area contributed by atoms with Crippen LogP contribution in [0.3, 0.4) is 0 Å². The van der Waals surface area contributed by atoms with Gasteiger partial charge < -0.3 is 9.76 Å². The van der Waals surface area contributed by atoms with Gasteiger partial charge in [-0.1, -0.05) is 32.9 Å². The number of ether oxygens (including phenoxy) is 1. The van der Waals surface area contributed by atoms with Crippen molar-refractivity contribution < 1.29 is 9.76 Å². The molecule has 0 unspecified atom stereocenters. The Hall–Kier alpha value is -0.955. The van der Waals surface area contributed by atoms with Crippen LogP contribution in [-0.2, 0) is 5.41 Å². The summed E-state index contributed by atoms with van der Waals surface area (Å²) in [5, 5.41) is 9.03. The maximum absolute atomic E-state index is 9.03. The van der Waals surface area contributed by atoms with Crippen LogP contribution in [0.2, 0.25) is 0 Å². The van der Waals surface area contributed by atoms with E-state index in [2.05, 4.69) is 20.8 Å². The van der Waals surface area contributed by atoms with Gasteiger partial charge >= 0.3 is 7.48 Å². The molecule has 0 aliphatic carbocycles. The molecular weight excluding hydrogens is 175 g/mol. The van der Waals surface area contributed by atoms with Crippen LogP contribution >= 0.6 is 0 Å². The fourth-order valence-electron chi connectivity index (χ4n) is 1.30. The zero-order valence-electron chi connectivity index (χ0n) is 9.16. The Bertz CT molecular complexity index is 316. The topological polar surface area (TPSA) is 29.5 Å². The third-order valence-electron chi connectivity index (χ3n) is 2.23. The van der Waals surface area contributed by atoms with E-state index in [0.29, 0.717) is 5.75 Å². The molecule has 1 rings (SSSR count). The summed E-state index contributed by atoms with van der Waals surface area (Å²) >= 11 is 0. The van der Waals surface area contributed by atoms with Crippen LogP contribution in [0.5, 0.6) is 5.75 Å². The Labute approximate surface area is 86.2 Å². The normalized spacial score (nSPS) is 11.2. The average Bonchev–Trinajstić information content (AvgIpc) is 2.15. The van der Waals surface area contributed by atoms with Crippen molar-refractivity contribution in [2.75, 3.05) is 7.11 Å². The Kier molecular flexibility index (Phi) is 3.22. The molecule has 2 nitrogen and oxygen atoms in total. The summed E-state index contributed by atoms with van der Waals surface area (Å²) in [4.78, 5) is 0. The molecule has 0 amide bonds. The second kappa shape index (κ2) is 4.05. The van der Waals surface area contributed by atoms with E-state index in [0.717, 1.165) is 12.9 Å². The number of hydrogen-bond acceptors (Lipinski definition) is 2. The van der Waals surface area contributed by atoms with E-state index in [9.17, 15) is 0 Å². The zero-order chi connectivity index (χ0) is 10.8. The summed E-state index contributed by atoms with van der Waals surface area (Å²) in [6, 6.07) is 5.84. The first-order chi connectivity index (χ1) is 6.49. The van der Waals surface area contributed by atoms with Crippen molar-refractivity contribution >= 4 is 12.9 Å². The van der Waals surface area contributed by atoms with Gasteiger partial charge in [0.15, 0.2) is 0 Å². The van der Waals surface area contributed by atoms with Gasteiger partial charge in [0, 0.05) is 0 Å². The van der Waals surface area contributed by atoms with Crippen molar-refractivity contribution in [1.29, 1.82) is 0 Å². The van der Waals surface area contributed by atoms with Gasteiger partial charge in [-0.3, -0.25) is 0 Å². The Balaban J connectivity index is 3.14. The van der Waals surface area contributed by atoms with Crippen LogP contribution in [0.1, 0.15) is 26.3 Å². The second-order valence-corrected chi connectivity index (χ2v) is 4.34. The molecule has 0 aromatic heterocycles. The molecule has 1 N–H and O–H groups in total. The largest absolute Gasteiger partial charge is 0.497 e. The first-order valence-electron chi connectivity index (χ1n) is 4.65. The van der Waals surface area contributed by atoms with Crippen molar-refractivity contribution in [3.63, 3.8) is 0 Å². The molecule has 0 heterocycles. The minimum absolute atomic E-state index is 0.0873. The third-order valence-corrected chi connectivity index (χ3v) is 2.23. The first kappa shape index (κ1) is 11.1. The molecule has 0 aliphatic heterocycles. The Morgan fingerprint density at radius 1 is 1.29 bits per heavy atom.